The van der Waals surface area contributed by atoms with Crippen molar-refractivity contribution in [1.82, 2.24) is 5.32 Å². The summed E-state index contributed by atoms with van der Waals surface area (Å²) in [7, 11) is 0. The van der Waals surface area contributed by atoms with E-state index in [2.05, 4.69) is 35.6 Å². The van der Waals surface area contributed by atoms with Crippen LogP contribution in [-0.4, -0.2) is 11.8 Å². The first kappa shape index (κ1) is 16.3. The summed E-state index contributed by atoms with van der Waals surface area (Å²) in [6, 6.07) is 21.6. The van der Waals surface area contributed by atoms with Crippen LogP contribution in [0.5, 0.6) is 0 Å². The molecular formula is C22H20N2O2. The minimum atomic E-state index is -0.462. The fraction of sp³-hybridized carbons (Fsp3) is 0.182. The third-order valence-corrected chi connectivity index (χ3v) is 5.03. The summed E-state index contributed by atoms with van der Waals surface area (Å²) >= 11 is 0. The van der Waals surface area contributed by atoms with Crippen molar-refractivity contribution in [2.45, 2.75) is 18.9 Å². The van der Waals surface area contributed by atoms with Gasteiger partial charge in [-0.3, -0.25) is 9.59 Å². The second kappa shape index (κ2) is 6.64. The Hall–Kier alpha value is -3.14. The van der Waals surface area contributed by atoms with E-state index < -0.39 is 5.91 Å². The second-order valence-corrected chi connectivity index (χ2v) is 6.80. The van der Waals surface area contributed by atoms with Gasteiger partial charge in [0.1, 0.15) is 0 Å². The maximum absolute atomic E-state index is 12.5. The van der Waals surface area contributed by atoms with Gasteiger partial charge in [-0.05, 0) is 46.4 Å². The van der Waals surface area contributed by atoms with E-state index in [0.717, 1.165) is 12.0 Å². The number of hydrogen-bond acceptors (Lipinski definition) is 2. The molecule has 0 spiro atoms. The van der Waals surface area contributed by atoms with Crippen LogP contribution in [0, 0.1) is 5.92 Å². The zero-order chi connectivity index (χ0) is 18.1. The Bertz CT molecular complexity index is 991. The predicted molar refractivity (Wildman–Crippen MR) is 102 cm³/mol. The Morgan fingerprint density at radius 2 is 1.77 bits per heavy atom. The van der Waals surface area contributed by atoms with Gasteiger partial charge < -0.3 is 11.1 Å². The highest BCUT2D eigenvalue weighted by Gasteiger charge is 2.44. The van der Waals surface area contributed by atoms with Crippen LogP contribution < -0.4 is 11.1 Å². The van der Waals surface area contributed by atoms with Gasteiger partial charge in [0.2, 0.25) is 11.8 Å². The first-order valence-electron chi connectivity index (χ1n) is 8.77. The standard InChI is InChI=1S/C22H20N2O2/c23-21(25)16-8-3-5-14(11-16)13-24-22(26)20-12-19(20)18-10-4-7-15-6-1-2-9-17(15)18/h1-11,19-20H,12-13H2,(H2,23,25)(H,24,26)/t19-,20-/m1/s1. The third kappa shape index (κ3) is 3.18. The van der Waals surface area contributed by atoms with Crippen LogP contribution in [0.25, 0.3) is 10.8 Å². The summed E-state index contributed by atoms with van der Waals surface area (Å²) in [4.78, 5) is 23.8. The Labute approximate surface area is 152 Å². The van der Waals surface area contributed by atoms with Crippen LogP contribution in [0.2, 0.25) is 0 Å². The van der Waals surface area contributed by atoms with E-state index in [-0.39, 0.29) is 17.7 Å². The van der Waals surface area contributed by atoms with Crippen LogP contribution in [0.3, 0.4) is 0 Å². The van der Waals surface area contributed by atoms with Gasteiger partial charge in [-0.25, -0.2) is 0 Å². The van der Waals surface area contributed by atoms with Gasteiger partial charge in [0, 0.05) is 18.0 Å². The molecular weight excluding hydrogens is 324 g/mol. The molecule has 4 heteroatoms. The molecule has 2 amide bonds. The lowest BCUT2D eigenvalue weighted by molar-refractivity contribution is -0.122. The molecule has 2 atom stereocenters. The van der Waals surface area contributed by atoms with E-state index in [4.69, 9.17) is 5.73 Å². The molecule has 3 N–H and O–H groups in total. The molecule has 1 saturated carbocycles. The molecule has 3 aromatic carbocycles. The monoisotopic (exact) mass is 344 g/mol. The average molecular weight is 344 g/mol. The summed E-state index contributed by atoms with van der Waals surface area (Å²) in [5, 5.41) is 5.42. The maximum Gasteiger partial charge on any atom is 0.248 e. The van der Waals surface area contributed by atoms with Crippen LogP contribution in [0.4, 0.5) is 0 Å². The highest BCUT2D eigenvalue weighted by atomic mass is 16.2. The number of benzene rings is 3. The average Bonchev–Trinajstić information content (AvgIpc) is 3.46. The van der Waals surface area contributed by atoms with E-state index in [1.165, 1.54) is 16.3 Å². The van der Waals surface area contributed by atoms with Crippen molar-refractivity contribution in [3.63, 3.8) is 0 Å². The van der Waals surface area contributed by atoms with Gasteiger partial charge in [-0.2, -0.15) is 0 Å². The van der Waals surface area contributed by atoms with Crippen LogP contribution in [0.15, 0.2) is 66.7 Å². The topological polar surface area (TPSA) is 72.2 Å². The third-order valence-electron chi connectivity index (χ3n) is 5.03. The van der Waals surface area contributed by atoms with Crippen molar-refractivity contribution in [1.29, 1.82) is 0 Å². The molecule has 130 valence electrons. The number of carbonyl (C=O) groups excluding carboxylic acids is 2. The molecule has 0 unspecified atom stereocenters. The molecule has 4 nitrogen and oxygen atoms in total. The van der Waals surface area contributed by atoms with Gasteiger partial charge in [-0.15, -0.1) is 0 Å². The van der Waals surface area contributed by atoms with Crippen molar-refractivity contribution < 1.29 is 9.59 Å². The Morgan fingerprint density at radius 3 is 2.62 bits per heavy atom. The van der Waals surface area contributed by atoms with Crippen molar-refractivity contribution >= 4 is 22.6 Å². The molecule has 0 aromatic heterocycles. The zero-order valence-electron chi connectivity index (χ0n) is 14.3. The minimum absolute atomic E-state index is 0.0140. The number of nitrogens with one attached hydrogen (secondary N) is 1. The molecule has 0 radical (unpaired) electrons. The Balaban J connectivity index is 1.43. The smallest absolute Gasteiger partial charge is 0.248 e. The number of fused-ring (bicyclic) bond motifs is 1. The lowest BCUT2D eigenvalue weighted by Gasteiger charge is -2.08. The van der Waals surface area contributed by atoms with Crippen LogP contribution in [-0.2, 0) is 11.3 Å². The molecule has 1 fully saturated rings. The summed E-state index contributed by atoms with van der Waals surface area (Å²) in [5.74, 6) is -0.109. The van der Waals surface area contributed by atoms with E-state index in [0.29, 0.717) is 12.1 Å². The van der Waals surface area contributed by atoms with Gasteiger partial charge in [0.15, 0.2) is 0 Å². The van der Waals surface area contributed by atoms with Gasteiger partial charge >= 0.3 is 0 Å². The SMILES string of the molecule is NC(=O)c1cccc(CNC(=O)[C@@H]2C[C@@H]2c2cccc3ccccc23)c1. The molecule has 1 aliphatic carbocycles. The molecule has 0 bridgehead atoms. The fourth-order valence-corrected chi connectivity index (χ4v) is 3.56. The largest absolute Gasteiger partial charge is 0.366 e. The van der Waals surface area contributed by atoms with E-state index in [1.807, 2.05) is 18.2 Å². The summed E-state index contributed by atoms with van der Waals surface area (Å²) < 4.78 is 0. The normalized spacial score (nSPS) is 18.5. The quantitative estimate of drug-likeness (QED) is 0.745. The first-order chi connectivity index (χ1) is 12.6. The van der Waals surface area contributed by atoms with Crippen LogP contribution in [0.1, 0.15) is 33.8 Å². The number of carbonyl (C=O) groups is 2. The lowest BCUT2D eigenvalue weighted by Crippen LogP contribution is -2.25. The van der Waals surface area contributed by atoms with Gasteiger partial charge in [0.25, 0.3) is 0 Å². The Morgan fingerprint density at radius 1 is 1.00 bits per heavy atom. The number of amides is 2. The highest BCUT2D eigenvalue weighted by Crippen LogP contribution is 2.49. The molecule has 4 rings (SSSR count). The first-order valence-corrected chi connectivity index (χ1v) is 8.77. The van der Waals surface area contributed by atoms with E-state index >= 15 is 0 Å². The van der Waals surface area contributed by atoms with Crippen molar-refractivity contribution in [3.8, 4) is 0 Å². The van der Waals surface area contributed by atoms with Crippen LogP contribution >= 0.6 is 0 Å². The number of primary amides is 1. The van der Waals surface area contributed by atoms with Crippen molar-refractivity contribution in [2.24, 2.45) is 11.7 Å². The number of hydrogen-bond donors (Lipinski definition) is 2. The minimum Gasteiger partial charge on any atom is -0.366 e. The lowest BCUT2D eigenvalue weighted by atomic mass is 10.00. The number of nitrogens with two attached hydrogens (primary N) is 1. The number of rotatable bonds is 5. The summed E-state index contributed by atoms with van der Waals surface area (Å²) in [5.41, 5.74) is 7.88. The summed E-state index contributed by atoms with van der Waals surface area (Å²) in [6.07, 6.45) is 0.876. The molecule has 26 heavy (non-hydrogen) atoms. The molecule has 0 aliphatic heterocycles. The maximum atomic E-state index is 12.5. The molecule has 3 aromatic rings. The molecule has 0 saturated heterocycles. The molecule has 1 aliphatic rings. The molecule has 0 heterocycles. The highest BCUT2D eigenvalue weighted by molar-refractivity contribution is 5.93. The van der Waals surface area contributed by atoms with E-state index in [1.54, 1.807) is 18.2 Å². The zero-order valence-corrected chi connectivity index (χ0v) is 14.3. The van der Waals surface area contributed by atoms with Crippen molar-refractivity contribution in [3.05, 3.63) is 83.4 Å². The van der Waals surface area contributed by atoms with Gasteiger partial charge in [-0.1, -0.05) is 54.6 Å². The van der Waals surface area contributed by atoms with Crippen molar-refractivity contribution in [2.75, 3.05) is 0 Å². The fourth-order valence-electron chi connectivity index (χ4n) is 3.56. The Kier molecular flexibility index (Phi) is 4.17. The van der Waals surface area contributed by atoms with Gasteiger partial charge in [0.05, 0.1) is 0 Å². The second-order valence-electron chi connectivity index (χ2n) is 6.80. The van der Waals surface area contributed by atoms with E-state index in [9.17, 15) is 9.59 Å². The summed E-state index contributed by atoms with van der Waals surface area (Å²) in [6.45, 7) is 0.401. The predicted octanol–water partition coefficient (Wildman–Crippen LogP) is 3.36.